The molecule has 0 aliphatic heterocycles. The molecule has 2 N–H and O–H groups in total. The number of halogens is 3. The van der Waals surface area contributed by atoms with Gasteiger partial charge in [-0.15, -0.1) is 13.2 Å². The van der Waals surface area contributed by atoms with Gasteiger partial charge in [-0.3, -0.25) is 0 Å². The molecule has 0 bridgehead atoms. The van der Waals surface area contributed by atoms with Crippen molar-refractivity contribution in [1.82, 2.24) is 0 Å². The Morgan fingerprint density at radius 3 is 2.39 bits per heavy atom. The van der Waals surface area contributed by atoms with Crippen LogP contribution in [0.5, 0.6) is 5.75 Å². The fourth-order valence-electron chi connectivity index (χ4n) is 1.11. The third-order valence-electron chi connectivity index (χ3n) is 2.20. The van der Waals surface area contributed by atoms with Gasteiger partial charge in [-0.2, -0.15) is 0 Å². The van der Waals surface area contributed by atoms with Gasteiger partial charge in [0.15, 0.2) is 0 Å². The van der Waals surface area contributed by atoms with Crippen molar-refractivity contribution in [2.45, 2.75) is 26.3 Å². The SMILES string of the molecule is CC(C)C(N)C#Cc1ccccc1OC(F)(F)F. The van der Waals surface area contributed by atoms with Crippen LogP contribution in [0.4, 0.5) is 13.2 Å². The van der Waals surface area contributed by atoms with Crippen molar-refractivity contribution in [3.63, 3.8) is 0 Å². The third-order valence-corrected chi connectivity index (χ3v) is 2.20. The van der Waals surface area contributed by atoms with E-state index in [0.717, 1.165) is 0 Å². The van der Waals surface area contributed by atoms with Crippen molar-refractivity contribution >= 4 is 0 Å². The lowest BCUT2D eigenvalue weighted by atomic mass is 10.1. The Labute approximate surface area is 104 Å². The summed E-state index contributed by atoms with van der Waals surface area (Å²) in [6, 6.07) is 5.34. The predicted molar refractivity (Wildman–Crippen MR) is 62.8 cm³/mol. The molecule has 2 nitrogen and oxygen atoms in total. The average Bonchev–Trinajstić information content (AvgIpc) is 2.25. The maximum atomic E-state index is 12.2. The molecular formula is C13H14F3NO. The smallest absolute Gasteiger partial charge is 0.404 e. The minimum Gasteiger partial charge on any atom is -0.404 e. The Balaban J connectivity index is 2.96. The van der Waals surface area contributed by atoms with Gasteiger partial charge in [-0.25, -0.2) is 0 Å². The predicted octanol–water partition coefficient (Wildman–Crippen LogP) is 2.92. The van der Waals surface area contributed by atoms with Crippen molar-refractivity contribution in [1.29, 1.82) is 0 Å². The number of ether oxygens (including phenoxy) is 1. The summed E-state index contributed by atoms with van der Waals surface area (Å²) in [4.78, 5) is 0. The molecule has 98 valence electrons. The van der Waals surface area contributed by atoms with E-state index in [2.05, 4.69) is 16.6 Å². The van der Waals surface area contributed by atoms with Gasteiger partial charge in [-0.1, -0.05) is 37.8 Å². The van der Waals surface area contributed by atoms with E-state index in [4.69, 9.17) is 5.73 Å². The van der Waals surface area contributed by atoms with Crippen molar-refractivity contribution < 1.29 is 17.9 Å². The van der Waals surface area contributed by atoms with Crippen LogP contribution in [0.1, 0.15) is 19.4 Å². The first-order valence-corrected chi connectivity index (χ1v) is 5.41. The number of rotatable bonds is 2. The zero-order chi connectivity index (χ0) is 13.8. The van der Waals surface area contributed by atoms with Gasteiger partial charge in [0.1, 0.15) is 5.75 Å². The topological polar surface area (TPSA) is 35.2 Å². The highest BCUT2D eigenvalue weighted by Gasteiger charge is 2.31. The molecule has 1 atom stereocenters. The molecule has 1 rings (SSSR count). The minimum absolute atomic E-state index is 0.133. The Morgan fingerprint density at radius 2 is 1.83 bits per heavy atom. The number of nitrogens with two attached hydrogens (primary N) is 1. The third kappa shape index (κ3) is 4.68. The quantitative estimate of drug-likeness (QED) is 0.827. The largest absolute Gasteiger partial charge is 0.573 e. The molecule has 0 radical (unpaired) electrons. The van der Waals surface area contributed by atoms with Crippen LogP contribution in [0.25, 0.3) is 0 Å². The molecule has 18 heavy (non-hydrogen) atoms. The van der Waals surface area contributed by atoms with Crippen LogP contribution in [-0.4, -0.2) is 12.4 Å². The van der Waals surface area contributed by atoms with Crippen LogP contribution < -0.4 is 10.5 Å². The molecule has 1 unspecified atom stereocenters. The summed E-state index contributed by atoms with van der Waals surface area (Å²) in [6.45, 7) is 3.77. The zero-order valence-electron chi connectivity index (χ0n) is 10.1. The van der Waals surface area contributed by atoms with Crippen LogP contribution in [0.3, 0.4) is 0 Å². The standard InChI is InChI=1S/C13H14F3NO/c1-9(2)11(17)8-7-10-5-3-4-6-12(10)18-13(14,15)16/h3-6,9,11H,17H2,1-2H3. The van der Waals surface area contributed by atoms with E-state index in [1.807, 2.05) is 13.8 Å². The summed E-state index contributed by atoms with van der Waals surface area (Å²) >= 11 is 0. The molecule has 0 saturated carbocycles. The summed E-state index contributed by atoms with van der Waals surface area (Å²) in [5.74, 6) is 5.14. The highest BCUT2D eigenvalue weighted by molar-refractivity contribution is 5.46. The summed E-state index contributed by atoms with van der Waals surface area (Å²) in [7, 11) is 0. The van der Waals surface area contributed by atoms with Gasteiger partial charge >= 0.3 is 6.36 Å². The molecule has 0 aliphatic rings. The molecule has 0 spiro atoms. The van der Waals surface area contributed by atoms with Gasteiger partial charge in [0.2, 0.25) is 0 Å². The van der Waals surface area contributed by atoms with Gasteiger partial charge in [-0.05, 0) is 18.1 Å². The van der Waals surface area contributed by atoms with E-state index in [0.29, 0.717) is 0 Å². The lowest BCUT2D eigenvalue weighted by molar-refractivity contribution is -0.274. The molecule has 5 heteroatoms. The van der Waals surface area contributed by atoms with E-state index in [1.54, 1.807) is 6.07 Å². The zero-order valence-corrected chi connectivity index (χ0v) is 10.1. The van der Waals surface area contributed by atoms with Gasteiger partial charge < -0.3 is 10.5 Å². The van der Waals surface area contributed by atoms with Gasteiger partial charge in [0.05, 0.1) is 11.6 Å². The van der Waals surface area contributed by atoms with Gasteiger partial charge in [0.25, 0.3) is 0 Å². The average molecular weight is 257 g/mol. The maximum Gasteiger partial charge on any atom is 0.573 e. The Hall–Kier alpha value is -1.67. The van der Waals surface area contributed by atoms with E-state index in [9.17, 15) is 13.2 Å². The first-order valence-electron chi connectivity index (χ1n) is 5.41. The fourth-order valence-corrected chi connectivity index (χ4v) is 1.11. The van der Waals surface area contributed by atoms with E-state index >= 15 is 0 Å². The molecule has 0 amide bonds. The first kappa shape index (κ1) is 14.4. The van der Waals surface area contributed by atoms with E-state index < -0.39 is 6.36 Å². The van der Waals surface area contributed by atoms with Crippen molar-refractivity contribution in [3.05, 3.63) is 29.8 Å². The lowest BCUT2D eigenvalue weighted by Gasteiger charge is -2.10. The highest BCUT2D eigenvalue weighted by atomic mass is 19.4. The molecule has 0 fully saturated rings. The number of alkyl halides is 3. The van der Waals surface area contributed by atoms with Crippen molar-refractivity contribution in [2.75, 3.05) is 0 Å². The Morgan fingerprint density at radius 1 is 1.22 bits per heavy atom. The fraction of sp³-hybridized carbons (Fsp3) is 0.385. The Kier molecular flexibility index (Phi) is 4.62. The molecule has 1 aromatic carbocycles. The van der Waals surface area contributed by atoms with Crippen LogP contribution in [0, 0.1) is 17.8 Å². The van der Waals surface area contributed by atoms with Crippen LogP contribution >= 0.6 is 0 Å². The summed E-state index contributed by atoms with van der Waals surface area (Å²) < 4.78 is 40.3. The summed E-state index contributed by atoms with van der Waals surface area (Å²) in [5.41, 5.74) is 5.88. The van der Waals surface area contributed by atoms with Crippen LogP contribution in [-0.2, 0) is 0 Å². The molecule has 1 aromatic rings. The van der Waals surface area contributed by atoms with Crippen molar-refractivity contribution in [2.24, 2.45) is 11.7 Å². The monoisotopic (exact) mass is 257 g/mol. The lowest BCUT2D eigenvalue weighted by Crippen LogP contribution is -2.24. The number of benzene rings is 1. The molecule has 0 saturated heterocycles. The second-order valence-electron chi connectivity index (χ2n) is 4.08. The highest BCUT2D eigenvalue weighted by Crippen LogP contribution is 2.25. The molecule has 0 aliphatic carbocycles. The second-order valence-corrected chi connectivity index (χ2v) is 4.08. The normalized spacial score (nSPS) is 12.8. The summed E-state index contributed by atoms with van der Waals surface area (Å²) in [5, 5.41) is 0. The minimum atomic E-state index is -4.72. The number of para-hydroxylation sites is 1. The number of hydrogen-bond donors (Lipinski definition) is 1. The summed E-state index contributed by atoms with van der Waals surface area (Å²) in [6.07, 6.45) is -4.72. The van der Waals surface area contributed by atoms with E-state index in [1.165, 1.54) is 18.2 Å². The van der Waals surface area contributed by atoms with Crippen LogP contribution in [0.15, 0.2) is 24.3 Å². The maximum absolute atomic E-state index is 12.2. The second kappa shape index (κ2) is 5.78. The molecule has 0 aromatic heterocycles. The number of hydrogen-bond acceptors (Lipinski definition) is 2. The van der Waals surface area contributed by atoms with Crippen molar-refractivity contribution in [3.8, 4) is 17.6 Å². The molecular weight excluding hydrogens is 243 g/mol. The molecule has 0 heterocycles. The van der Waals surface area contributed by atoms with Gasteiger partial charge in [0, 0.05) is 0 Å². The first-order chi connectivity index (χ1) is 8.29. The Bertz CT molecular complexity index is 457. The van der Waals surface area contributed by atoms with E-state index in [-0.39, 0.29) is 23.3 Å². The van der Waals surface area contributed by atoms with Crippen LogP contribution in [0.2, 0.25) is 0 Å².